The number of fused-ring (bicyclic) bond motifs is 1. The summed E-state index contributed by atoms with van der Waals surface area (Å²) in [6.07, 6.45) is 7.24. The van der Waals surface area contributed by atoms with Gasteiger partial charge in [0.15, 0.2) is 0 Å². The van der Waals surface area contributed by atoms with Crippen LogP contribution in [0.3, 0.4) is 0 Å². The predicted octanol–water partition coefficient (Wildman–Crippen LogP) is 4.40. The summed E-state index contributed by atoms with van der Waals surface area (Å²) in [5.41, 5.74) is 2.46. The number of carbonyl (C=O) groups excluding carboxylic acids is 1. The van der Waals surface area contributed by atoms with Crippen molar-refractivity contribution in [1.29, 1.82) is 0 Å². The van der Waals surface area contributed by atoms with Gasteiger partial charge < -0.3 is 15.2 Å². The minimum absolute atomic E-state index is 0.0480. The second kappa shape index (κ2) is 7.77. The summed E-state index contributed by atoms with van der Waals surface area (Å²) in [6, 6.07) is 6.32. The second-order valence-electron chi connectivity index (χ2n) is 11.2. The molecule has 4 aliphatic rings. The standard InChI is InChI=1S/C26H38N2O3/c1-17(29)27-24-25(2,3)20-14-21-23(31-12-9-26(21,24)15-20)18-7-8-22(30)19(13-18)16-28-10-5-4-6-11-28/h7-8,13,20-21,23-24,30H,4-6,9-12,14-16H2,1-3H3,(H,27,29)/t20-,21-,23-,24+,26?/m1/s1. The van der Waals surface area contributed by atoms with Gasteiger partial charge in [0.05, 0.1) is 6.10 Å². The summed E-state index contributed by atoms with van der Waals surface area (Å²) in [5.74, 6) is 1.51. The van der Waals surface area contributed by atoms with Crippen LogP contribution in [0.25, 0.3) is 0 Å². The van der Waals surface area contributed by atoms with Crippen LogP contribution in [-0.2, 0) is 16.1 Å². The number of phenols is 1. The monoisotopic (exact) mass is 426 g/mol. The Morgan fingerprint density at radius 3 is 2.77 bits per heavy atom. The number of phenolic OH excluding ortho intramolecular Hbond substituents is 1. The van der Waals surface area contributed by atoms with E-state index >= 15 is 0 Å². The van der Waals surface area contributed by atoms with E-state index in [4.69, 9.17) is 4.74 Å². The Labute approximate surface area is 186 Å². The molecule has 1 spiro atoms. The molecule has 170 valence electrons. The summed E-state index contributed by atoms with van der Waals surface area (Å²) < 4.78 is 6.42. The van der Waals surface area contributed by atoms with Crippen molar-refractivity contribution >= 4 is 5.91 Å². The fraction of sp³-hybridized carbons (Fsp3) is 0.731. The molecular weight excluding hydrogens is 388 g/mol. The van der Waals surface area contributed by atoms with E-state index in [1.807, 2.05) is 6.07 Å². The number of nitrogens with zero attached hydrogens (tertiary/aromatic N) is 1. The number of aromatic hydroxyl groups is 1. The molecule has 5 atom stereocenters. The van der Waals surface area contributed by atoms with E-state index < -0.39 is 0 Å². The van der Waals surface area contributed by atoms with Crippen molar-refractivity contribution in [2.45, 2.75) is 78.0 Å². The molecule has 1 unspecified atom stereocenters. The van der Waals surface area contributed by atoms with Crippen LogP contribution in [0, 0.1) is 22.7 Å². The highest BCUT2D eigenvalue weighted by Crippen LogP contribution is 2.70. The van der Waals surface area contributed by atoms with Crippen LogP contribution < -0.4 is 5.32 Å². The highest BCUT2D eigenvalue weighted by Gasteiger charge is 2.68. The van der Waals surface area contributed by atoms with Crippen molar-refractivity contribution in [3.8, 4) is 5.75 Å². The van der Waals surface area contributed by atoms with Crippen LogP contribution in [0.4, 0.5) is 0 Å². The maximum absolute atomic E-state index is 12.1. The van der Waals surface area contributed by atoms with E-state index in [0.29, 0.717) is 17.6 Å². The van der Waals surface area contributed by atoms with Gasteiger partial charge in [-0.1, -0.05) is 26.3 Å². The normalized spacial score (nSPS) is 36.9. The van der Waals surface area contributed by atoms with Crippen LogP contribution in [0.5, 0.6) is 5.75 Å². The molecule has 2 aliphatic heterocycles. The van der Waals surface area contributed by atoms with E-state index in [1.54, 1.807) is 6.92 Å². The minimum Gasteiger partial charge on any atom is -0.508 e. The Kier molecular flexibility index (Phi) is 5.33. The first-order valence-electron chi connectivity index (χ1n) is 12.2. The number of rotatable bonds is 4. The molecule has 2 saturated heterocycles. The largest absolute Gasteiger partial charge is 0.508 e. The maximum atomic E-state index is 12.1. The Bertz CT molecular complexity index is 847. The van der Waals surface area contributed by atoms with Gasteiger partial charge in [-0.05, 0) is 85.6 Å². The van der Waals surface area contributed by atoms with Crippen molar-refractivity contribution in [1.82, 2.24) is 10.2 Å². The molecule has 0 aromatic heterocycles. The van der Waals surface area contributed by atoms with E-state index in [2.05, 4.69) is 36.2 Å². The SMILES string of the molecule is CC(=O)N[C@H]1C(C)(C)[C@@H]2C[C@@H]3[C@@H](c4ccc(O)c(CN5CCCCC5)c4)OCCC31C2. The number of likely N-dealkylation sites (tertiary alicyclic amines) is 1. The lowest BCUT2D eigenvalue weighted by Gasteiger charge is -2.53. The topological polar surface area (TPSA) is 61.8 Å². The van der Waals surface area contributed by atoms with Gasteiger partial charge in [-0.15, -0.1) is 0 Å². The summed E-state index contributed by atoms with van der Waals surface area (Å²) in [7, 11) is 0. The molecule has 2 aliphatic carbocycles. The van der Waals surface area contributed by atoms with Gasteiger partial charge in [0.2, 0.25) is 5.91 Å². The van der Waals surface area contributed by atoms with Gasteiger partial charge >= 0.3 is 0 Å². The Morgan fingerprint density at radius 1 is 1.26 bits per heavy atom. The molecule has 31 heavy (non-hydrogen) atoms. The van der Waals surface area contributed by atoms with Gasteiger partial charge in [-0.25, -0.2) is 0 Å². The van der Waals surface area contributed by atoms with Gasteiger partial charge in [0, 0.05) is 31.7 Å². The number of amides is 1. The number of carbonyl (C=O) groups is 1. The number of hydrogen-bond donors (Lipinski definition) is 2. The fourth-order valence-electron chi connectivity index (χ4n) is 7.59. The molecule has 2 N–H and O–H groups in total. The molecule has 4 fully saturated rings. The minimum atomic E-state index is 0.0480. The summed E-state index contributed by atoms with van der Waals surface area (Å²) in [4.78, 5) is 14.5. The smallest absolute Gasteiger partial charge is 0.217 e. The average molecular weight is 427 g/mol. The molecule has 2 heterocycles. The summed E-state index contributed by atoms with van der Waals surface area (Å²) in [6.45, 7) is 10.1. The highest BCUT2D eigenvalue weighted by molar-refractivity contribution is 5.73. The predicted molar refractivity (Wildman–Crippen MR) is 121 cm³/mol. The van der Waals surface area contributed by atoms with Gasteiger partial charge in [0.1, 0.15) is 5.75 Å². The van der Waals surface area contributed by atoms with E-state index in [0.717, 1.165) is 44.6 Å². The summed E-state index contributed by atoms with van der Waals surface area (Å²) in [5, 5.41) is 13.9. The quantitative estimate of drug-likeness (QED) is 0.749. The van der Waals surface area contributed by atoms with Crippen molar-refractivity contribution in [3.05, 3.63) is 29.3 Å². The Morgan fingerprint density at radius 2 is 2.03 bits per heavy atom. The van der Waals surface area contributed by atoms with Gasteiger partial charge in [-0.3, -0.25) is 9.69 Å². The lowest BCUT2D eigenvalue weighted by molar-refractivity contribution is -0.136. The average Bonchev–Trinajstić information content (AvgIpc) is 3.23. The number of nitrogens with one attached hydrogen (secondary N) is 1. The zero-order valence-electron chi connectivity index (χ0n) is 19.3. The summed E-state index contributed by atoms with van der Waals surface area (Å²) >= 11 is 0. The molecule has 5 heteroatoms. The van der Waals surface area contributed by atoms with Crippen molar-refractivity contribution < 1.29 is 14.6 Å². The first-order valence-corrected chi connectivity index (χ1v) is 12.2. The van der Waals surface area contributed by atoms with Crippen LogP contribution in [0.15, 0.2) is 18.2 Å². The third-order valence-electron chi connectivity index (χ3n) is 9.13. The Hall–Kier alpha value is -1.59. The molecule has 5 nitrogen and oxygen atoms in total. The highest BCUT2D eigenvalue weighted by atomic mass is 16.5. The molecule has 2 saturated carbocycles. The van der Waals surface area contributed by atoms with Crippen molar-refractivity contribution in [2.75, 3.05) is 19.7 Å². The molecular formula is C26H38N2O3. The lowest BCUT2D eigenvalue weighted by Crippen LogP contribution is -2.58. The maximum Gasteiger partial charge on any atom is 0.217 e. The lowest BCUT2D eigenvalue weighted by atomic mass is 9.59. The zero-order chi connectivity index (χ0) is 21.8. The number of hydrogen-bond acceptors (Lipinski definition) is 4. The van der Waals surface area contributed by atoms with E-state index in [1.165, 1.54) is 31.2 Å². The molecule has 1 aromatic carbocycles. The fourth-order valence-corrected chi connectivity index (χ4v) is 7.59. The van der Waals surface area contributed by atoms with Crippen molar-refractivity contribution in [3.63, 3.8) is 0 Å². The number of ether oxygens (including phenoxy) is 1. The van der Waals surface area contributed by atoms with Crippen LogP contribution in [-0.4, -0.2) is 41.7 Å². The zero-order valence-corrected chi connectivity index (χ0v) is 19.3. The van der Waals surface area contributed by atoms with Crippen molar-refractivity contribution in [2.24, 2.45) is 22.7 Å². The third-order valence-corrected chi connectivity index (χ3v) is 9.13. The number of piperidine rings is 1. The van der Waals surface area contributed by atoms with Gasteiger partial charge in [0.25, 0.3) is 0 Å². The first-order chi connectivity index (χ1) is 14.8. The third kappa shape index (κ3) is 3.48. The second-order valence-corrected chi connectivity index (χ2v) is 11.2. The van der Waals surface area contributed by atoms with E-state index in [9.17, 15) is 9.90 Å². The van der Waals surface area contributed by atoms with E-state index in [-0.39, 0.29) is 28.9 Å². The number of benzene rings is 1. The van der Waals surface area contributed by atoms with Gasteiger partial charge in [-0.2, -0.15) is 0 Å². The Balaban J connectivity index is 1.43. The first kappa shape index (κ1) is 21.3. The van der Waals surface area contributed by atoms with Crippen LogP contribution in [0.1, 0.15) is 76.5 Å². The van der Waals surface area contributed by atoms with Crippen LogP contribution in [0.2, 0.25) is 0 Å². The molecule has 5 rings (SSSR count). The molecule has 0 radical (unpaired) electrons. The molecule has 2 bridgehead atoms. The van der Waals surface area contributed by atoms with Crippen LogP contribution >= 0.6 is 0 Å². The molecule has 1 aromatic rings. The molecule has 1 amide bonds.